The summed E-state index contributed by atoms with van der Waals surface area (Å²) in [7, 11) is 0. The molecule has 0 aromatic heterocycles. The van der Waals surface area contributed by atoms with Gasteiger partial charge in [-0.05, 0) is 12.1 Å². The first-order valence-corrected chi connectivity index (χ1v) is 2.69. The van der Waals surface area contributed by atoms with Crippen molar-refractivity contribution in [2.24, 2.45) is 5.34 Å². The predicted octanol–water partition coefficient (Wildman–Crippen LogP) is 2.02. The van der Waals surface area contributed by atoms with Crippen LogP contribution in [0.3, 0.4) is 0 Å². The molecule has 0 saturated heterocycles. The molecule has 5 heteroatoms. The van der Waals surface area contributed by atoms with Gasteiger partial charge in [-0.25, -0.2) is 8.78 Å². The lowest BCUT2D eigenvalue weighted by molar-refractivity contribution is 0.314. The first kappa shape index (κ1) is 7.59. The van der Waals surface area contributed by atoms with E-state index >= 15 is 0 Å². The van der Waals surface area contributed by atoms with Crippen LogP contribution >= 0.6 is 0 Å². The van der Waals surface area contributed by atoms with E-state index in [2.05, 4.69) is 4.84 Å². The maximum atomic E-state index is 12.5. The monoisotopic (exact) mass is 159 g/mol. The first-order valence-electron chi connectivity index (χ1n) is 2.69. The van der Waals surface area contributed by atoms with Crippen molar-refractivity contribution < 1.29 is 13.6 Å². The number of rotatable bonds is 2. The predicted molar refractivity (Wildman–Crippen MR) is 32.8 cm³/mol. The molecule has 0 spiro atoms. The van der Waals surface area contributed by atoms with E-state index in [1.54, 1.807) is 0 Å². The second-order valence-electron chi connectivity index (χ2n) is 1.74. The smallest absolute Gasteiger partial charge is 0.199 e. The third kappa shape index (κ3) is 1.70. The molecule has 0 saturated carbocycles. The largest absolute Gasteiger partial charge is 0.321 e. The average molecular weight is 159 g/mol. The third-order valence-corrected chi connectivity index (χ3v) is 1.03. The van der Waals surface area contributed by atoms with Crippen LogP contribution in [0.4, 0.5) is 8.78 Å². The van der Waals surface area contributed by atoms with Gasteiger partial charge >= 0.3 is 0 Å². The average Bonchev–Trinajstić information content (AvgIpc) is 1.98. The molecule has 0 atom stereocenters. The van der Waals surface area contributed by atoms with Crippen LogP contribution in [0.25, 0.3) is 0 Å². The molecule has 0 unspecified atom stereocenters. The van der Waals surface area contributed by atoms with Crippen LogP contribution in [0.5, 0.6) is 5.75 Å². The Morgan fingerprint density at radius 2 is 2.09 bits per heavy atom. The summed E-state index contributed by atoms with van der Waals surface area (Å²) in [5, 5.41) is 1.95. The number of hydrogen-bond acceptors (Lipinski definition) is 3. The summed E-state index contributed by atoms with van der Waals surface area (Å²) in [4.78, 5) is 13.3. The Labute approximate surface area is 60.5 Å². The maximum Gasteiger partial charge on any atom is 0.199 e. The van der Waals surface area contributed by atoms with Crippen LogP contribution in [-0.2, 0) is 0 Å². The topological polar surface area (TPSA) is 38.7 Å². The zero-order valence-electron chi connectivity index (χ0n) is 5.25. The van der Waals surface area contributed by atoms with Gasteiger partial charge in [0.25, 0.3) is 0 Å². The van der Waals surface area contributed by atoms with Gasteiger partial charge in [0, 0.05) is 6.07 Å². The van der Waals surface area contributed by atoms with E-state index in [1.165, 1.54) is 0 Å². The molecule has 0 amide bonds. The van der Waals surface area contributed by atoms with Crippen molar-refractivity contribution in [1.29, 1.82) is 0 Å². The highest BCUT2D eigenvalue weighted by Crippen LogP contribution is 2.17. The van der Waals surface area contributed by atoms with E-state index in [0.717, 1.165) is 18.2 Å². The van der Waals surface area contributed by atoms with Crippen LogP contribution in [0, 0.1) is 16.5 Å². The Morgan fingerprint density at radius 3 is 2.73 bits per heavy atom. The summed E-state index contributed by atoms with van der Waals surface area (Å²) in [6, 6.07) is 2.49. The second-order valence-corrected chi connectivity index (χ2v) is 1.74. The molecule has 58 valence electrons. The van der Waals surface area contributed by atoms with Crippen molar-refractivity contribution in [1.82, 2.24) is 0 Å². The maximum absolute atomic E-state index is 12.5. The molecule has 0 heterocycles. The highest BCUT2D eigenvalue weighted by Gasteiger charge is 2.04. The minimum Gasteiger partial charge on any atom is -0.321 e. The lowest BCUT2D eigenvalue weighted by Crippen LogP contribution is -1.86. The second kappa shape index (κ2) is 3.05. The van der Waals surface area contributed by atoms with Gasteiger partial charge in [0.2, 0.25) is 0 Å². The Hall–Kier alpha value is -1.52. The molecule has 0 bridgehead atoms. The van der Waals surface area contributed by atoms with Crippen LogP contribution < -0.4 is 4.84 Å². The molecule has 0 aliphatic carbocycles. The van der Waals surface area contributed by atoms with Gasteiger partial charge in [-0.1, -0.05) is 0 Å². The number of benzene rings is 1. The summed E-state index contributed by atoms with van der Waals surface area (Å²) in [5.41, 5.74) is 0. The molecule has 0 fully saturated rings. The van der Waals surface area contributed by atoms with Crippen molar-refractivity contribution in [2.45, 2.75) is 0 Å². The van der Waals surface area contributed by atoms with Crippen molar-refractivity contribution in [3.63, 3.8) is 0 Å². The molecule has 0 aliphatic heterocycles. The summed E-state index contributed by atoms with van der Waals surface area (Å²) in [6.07, 6.45) is 0. The van der Waals surface area contributed by atoms with E-state index in [0.29, 0.717) is 0 Å². The fourth-order valence-electron chi connectivity index (χ4n) is 0.587. The lowest BCUT2D eigenvalue weighted by Gasteiger charge is -1.95. The Balaban J connectivity index is 3.01. The van der Waals surface area contributed by atoms with Crippen molar-refractivity contribution in [3.8, 4) is 5.75 Å². The van der Waals surface area contributed by atoms with Gasteiger partial charge in [0.15, 0.2) is 16.9 Å². The minimum atomic E-state index is -0.828. The molecular weight excluding hydrogens is 156 g/mol. The Bertz CT molecular complexity index is 277. The number of hydrogen-bond donors (Lipinski definition) is 0. The van der Waals surface area contributed by atoms with Crippen LogP contribution in [0.2, 0.25) is 0 Å². The highest BCUT2D eigenvalue weighted by atomic mass is 19.1. The summed E-state index contributed by atoms with van der Waals surface area (Å²) >= 11 is 0. The fraction of sp³-hybridized carbons (Fsp3) is 0. The molecular formula is C6H3F2NO2. The van der Waals surface area contributed by atoms with E-state index in [9.17, 15) is 13.7 Å². The van der Waals surface area contributed by atoms with Gasteiger partial charge in [-0.15, -0.1) is 4.91 Å². The van der Waals surface area contributed by atoms with Gasteiger partial charge in [-0.2, -0.15) is 0 Å². The first-order chi connectivity index (χ1) is 5.24. The zero-order chi connectivity index (χ0) is 8.27. The SMILES string of the molecule is O=NOc1cc(F)ccc1F. The molecule has 11 heavy (non-hydrogen) atoms. The molecule has 0 aliphatic rings. The van der Waals surface area contributed by atoms with Gasteiger partial charge in [0.05, 0.1) is 0 Å². The van der Waals surface area contributed by atoms with Gasteiger partial charge in [-0.3, -0.25) is 0 Å². The highest BCUT2D eigenvalue weighted by molar-refractivity contribution is 5.24. The molecule has 1 aromatic carbocycles. The van der Waals surface area contributed by atoms with Crippen LogP contribution in [0.1, 0.15) is 0 Å². The normalized spacial score (nSPS) is 9.27. The Morgan fingerprint density at radius 1 is 1.36 bits per heavy atom. The standard InChI is InChI=1S/C6H3F2NO2/c7-4-1-2-5(8)6(3-4)11-9-10/h1-3H. The van der Waals surface area contributed by atoms with Gasteiger partial charge in [0.1, 0.15) is 5.82 Å². The van der Waals surface area contributed by atoms with Crippen molar-refractivity contribution >= 4 is 0 Å². The minimum absolute atomic E-state index is 0.514. The molecule has 3 nitrogen and oxygen atoms in total. The quantitative estimate of drug-likeness (QED) is 0.489. The van der Waals surface area contributed by atoms with Crippen LogP contribution in [0.15, 0.2) is 23.5 Å². The van der Waals surface area contributed by atoms with Crippen molar-refractivity contribution in [2.75, 3.05) is 0 Å². The van der Waals surface area contributed by atoms with E-state index in [-0.39, 0.29) is 0 Å². The lowest BCUT2D eigenvalue weighted by atomic mass is 10.3. The zero-order valence-corrected chi connectivity index (χ0v) is 5.25. The summed E-state index contributed by atoms with van der Waals surface area (Å²) in [5.74, 6) is -2.03. The van der Waals surface area contributed by atoms with E-state index in [4.69, 9.17) is 0 Å². The summed E-state index contributed by atoms with van der Waals surface area (Å²) < 4.78 is 24.7. The molecule has 0 N–H and O–H groups in total. The molecule has 1 aromatic rings. The number of nitrogens with zero attached hydrogens (tertiary/aromatic N) is 1. The molecule has 1 rings (SSSR count). The van der Waals surface area contributed by atoms with Crippen molar-refractivity contribution in [3.05, 3.63) is 34.7 Å². The Kier molecular flexibility index (Phi) is 2.10. The number of halogens is 2. The molecule has 0 radical (unpaired) electrons. The fourth-order valence-corrected chi connectivity index (χ4v) is 0.587. The summed E-state index contributed by atoms with van der Waals surface area (Å²) in [6.45, 7) is 0. The van der Waals surface area contributed by atoms with Gasteiger partial charge < -0.3 is 4.84 Å². The van der Waals surface area contributed by atoms with Crippen LogP contribution in [-0.4, -0.2) is 0 Å². The van der Waals surface area contributed by atoms with E-state index < -0.39 is 17.4 Å². The third-order valence-electron chi connectivity index (χ3n) is 1.03. The van der Waals surface area contributed by atoms with E-state index in [1.807, 2.05) is 5.34 Å².